The number of para-hydroxylation sites is 1. The average Bonchev–Trinajstić information content (AvgIpc) is 2.77. The van der Waals surface area contributed by atoms with Gasteiger partial charge >= 0.3 is 0 Å². The van der Waals surface area contributed by atoms with Crippen LogP contribution in [0.25, 0.3) is 16.6 Å². The van der Waals surface area contributed by atoms with Crippen LogP contribution in [0.15, 0.2) is 52.4 Å². The van der Waals surface area contributed by atoms with E-state index >= 15 is 0 Å². The number of fused-ring (bicyclic) bond motifs is 1. The number of thioether (sulfide) groups is 1. The lowest BCUT2D eigenvalue weighted by Gasteiger charge is -2.18. The van der Waals surface area contributed by atoms with Crippen molar-refractivity contribution in [3.63, 3.8) is 0 Å². The van der Waals surface area contributed by atoms with Crippen LogP contribution in [0.4, 0.5) is 0 Å². The van der Waals surface area contributed by atoms with E-state index in [-0.39, 0.29) is 23.3 Å². The van der Waals surface area contributed by atoms with Gasteiger partial charge < -0.3 is 14.8 Å². The summed E-state index contributed by atoms with van der Waals surface area (Å²) in [5.41, 5.74) is 0.836. The Morgan fingerprint density at radius 2 is 1.87 bits per heavy atom. The second kappa shape index (κ2) is 9.87. The summed E-state index contributed by atoms with van der Waals surface area (Å²) in [4.78, 5) is 30.6. The Balaban J connectivity index is 2.09. The lowest BCUT2D eigenvalue weighted by atomic mass is 10.1. The fraction of sp³-hybridized carbons (Fsp3) is 0.348. The predicted octanol–water partition coefficient (Wildman–Crippen LogP) is 3.66. The van der Waals surface area contributed by atoms with Crippen molar-refractivity contribution in [3.05, 3.63) is 52.8 Å². The molecule has 1 heterocycles. The summed E-state index contributed by atoms with van der Waals surface area (Å²) >= 11 is 1.21. The van der Waals surface area contributed by atoms with Crippen molar-refractivity contribution in [1.29, 1.82) is 0 Å². The molecule has 0 radical (unpaired) electrons. The second-order valence-corrected chi connectivity index (χ2v) is 8.42. The van der Waals surface area contributed by atoms with E-state index < -0.39 is 0 Å². The van der Waals surface area contributed by atoms with Crippen LogP contribution in [0.3, 0.4) is 0 Å². The van der Waals surface area contributed by atoms with Crippen molar-refractivity contribution >= 4 is 28.6 Å². The SMILES string of the molecule is COc1ccc(OC)c(-n2c(SCC(=O)NC(C)C(C)C)nc3ccccc3c2=O)c1. The Kier molecular flexibility index (Phi) is 7.22. The van der Waals surface area contributed by atoms with Gasteiger partial charge in [0.2, 0.25) is 5.91 Å². The molecule has 164 valence electrons. The predicted molar refractivity (Wildman–Crippen MR) is 124 cm³/mol. The Bertz CT molecular complexity index is 1140. The minimum absolute atomic E-state index is 0.0540. The number of nitrogens with zero attached hydrogens (tertiary/aromatic N) is 2. The maximum Gasteiger partial charge on any atom is 0.266 e. The van der Waals surface area contributed by atoms with Crippen LogP contribution in [-0.4, -0.2) is 41.5 Å². The van der Waals surface area contributed by atoms with Gasteiger partial charge in [-0.2, -0.15) is 0 Å². The number of methoxy groups -OCH3 is 2. The summed E-state index contributed by atoms with van der Waals surface area (Å²) in [5.74, 6) is 1.42. The average molecular weight is 442 g/mol. The first-order valence-corrected chi connectivity index (χ1v) is 11.0. The number of amides is 1. The van der Waals surface area contributed by atoms with Crippen LogP contribution < -0.4 is 20.3 Å². The van der Waals surface area contributed by atoms with Gasteiger partial charge in [-0.3, -0.25) is 14.2 Å². The Hall–Kier alpha value is -3.00. The van der Waals surface area contributed by atoms with Crippen LogP contribution in [0, 0.1) is 5.92 Å². The minimum atomic E-state index is -0.240. The molecule has 0 saturated carbocycles. The van der Waals surface area contributed by atoms with Gasteiger partial charge in [0.1, 0.15) is 11.5 Å². The Labute approximate surface area is 185 Å². The number of nitrogens with one attached hydrogen (secondary N) is 1. The van der Waals surface area contributed by atoms with Gasteiger partial charge in [0, 0.05) is 12.1 Å². The van der Waals surface area contributed by atoms with Gasteiger partial charge in [-0.25, -0.2) is 4.98 Å². The standard InChI is InChI=1S/C23H27N3O4S/c1-14(2)15(3)24-21(27)13-31-23-25-18-9-7-6-8-17(18)22(28)26(23)19-12-16(29-4)10-11-20(19)30-5/h6-12,14-15H,13H2,1-5H3,(H,24,27). The van der Waals surface area contributed by atoms with E-state index in [9.17, 15) is 9.59 Å². The van der Waals surface area contributed by atoms with E-state index in [0.717, 1.165) is 0 Å². The molecule has 1 N–H and O–H groups in total. The summed E-state index contributed by atoms with van der Waals surface area (Å²) < 4.78 is 12.3. The molecule has 1 atom stereocenters. The normalized spacial score (nSPS) is 12.1. The zero-order valence-electron chi connectivity index (χ0n) is 18.3. The molecule has 7 nitrogen and oxygen atoms in total. The topological polar surface area (TPSA) is 82.4 Å². The number of rotatable bonds is 8. The Morgan fingerprint density at radius 1 is 1.13 bits per heavy atom. The molecule has 3 aromatic rings. The summed E-state index contributed by atoms with van der Waals surface area (Å²) in [6.07, 6.45) is 0. The van der Waals surface area contributed by atoms with Gasteiger partial charge in [-0.1, -0.05) is 37.7 Å². The maximum absolute atomic E-state index is 13.4. The van der Waals surface area contributed by atoms with E-state index in [1.165, 1.54) is 16.3 Å². The van der Waals surface area contributed by atoms with Crippen LogP contribution in [0.5, 0.6) is 11.5 Å². The highest BCUT2D eigenvalue weighted by Crippen LogP contribution is 2.30. The molecule has 0 saturated heterocycles. The molecule has 8 heteroatoms. The molecule has 3 rings (SSSR count). The van der Waals surface area contributed by atoms with Crippen molar-refractivity contribution in [2.75, 3.05) is 20.0 Å². The van der Waals surface area contributed by atoms with Gasteiger partial charge in [0.25, 0.3) is 5.56 Å². The fourth-order valence-corrected chi connectivity index (χ4v) is 3.80. The van der Waals surface area contributed by atoms with Crippen molar-refractivity contribution in [3.8, 4) is 17.2 Å². The quantitative estimate of drug-likeness (QED) is 0.424. The lowest BCUT2D eigenvalue weighted by Crippen LogP contribution is -2.37. The van der Waals surface area contributed by atoms with E-state index in [2.05, 4.69) is 24.1 Å². The number of hydrogen-bond acceptors (Lipinski definition) is 6. The van der Waals surface area contributed by atoms with Crippen LogP contribution in [0.1, 0.15) is 20.8 Å². The minimum Gasteiger partial charge on any atom is -0.497 e. The third-order valence-corrected chi connectivity index (χ3v) is 6.03. The number of hydrogen-bond donors (Lipinski definition) is 1. The smallest absolute Gasteiger partial charge is 0.266 e. The zero-order chi connectivity index (χ0) is 22.5. The molecule has 2 aromatic carbocycles. The summed E-state index contributed by atoms with van der Waals surface area (Å²) in [6, 6.07) is 12.4. The first-order chi connectivity index (χ1) is 14.8. The number of benzene rings is 2. The van der Waals surface area contributed by atoms with Crippen molar-refractivity contribution in [2.45, 2.75) is 32.0 Å². The first-order valence-electron chi connectivity index (χ1n) is 10.0. The van der Waals surface area contributed by atoms with Gasteiger partial charge in [0.05, 0.1) is 36.6 Å². The number of aromatic nitrogens is 2. The van der Waals surface area contributed by atoms with Gasteiger partial charge in [0.15, 0.2) is 5.16 Å². The highest BCUT2D eigenvalue weighted by atomic mass is 32.2. The molecule has 0 aliphatic carbocycles. The number of ether oxygens (including phenoxy) is 2. The number of carbonyl (C=O) groups is 1. The third kappa shape index (κ3) is 5.02. The molecule has 1 aromatic heterocycles. The maximum atomic E-state index is 13.4. The van der Waals surface area contributed by atoms with Gasteiger partial charge in [-0.15, -0.1) is 0 Å². The fourth-order valence-electron chi connectivity index (χ4n) is 2.99. The molecular formula is C23H27N3O4S. The Morgan fingerprint density at radius 3 is 2.55 bits per heavy atom. The van der Waals surface area contributed by atoms with E-state index in [0.29, 0.717) is 39.2 Å². The first kappa shape index (κ1) is 22.7. The zero-order valence-corrected chi connectivity index (χ0v) is 19.2. The summed E-state index contributed by atoms with van der Waals surface area (Å²) in [6.45, 7) is 6.07. The lowest BCUT2D eigenvalue weighted by molar-refractivity contribution is -0.119. The largest absolute Gasteiger partial charge is 0.497 e. The van der Waals surface area contributed by atoms with Crippen LogP contribution in [-0.2, 0) is 4.79 Å². The highest BCUT2D eigenvalue weighted by Gasteiger charge is 2.19. The van der Waals surface area contributed by atoms with Crippen LogP contribution in [0.2, 0.25) is 0 Å². The van der Waals surface area contributed by atoms with Crippen molar-refractivity contribution in [1.82, 2.24) is 14.9 Å². The molecule has 0 spiro atoms. The molecule has 1 unspecified atom stereocenters. The van der Waals surface area contributed by atoms with Crippen molar-refractivity contribution in [2.24, 2.45) is 5.92 Å². The highest BCUT2D eigenvalue weighted by molar-refractivity contribution is 7.99. The summed E-state index contributed by atoms with van der Waals surface area (Å²) in [5, 5.41) is 3.87. The van der Waals surface area contributed by atoms with E-state index in [1.807, 2.05) is 13.0 Å². The molecule has 31 heavy (non-hydrogen) atoms. The second-order valence-electron chi connectivity index (χ2n) is 7.48. The van der Waals surface area contributed by atoms with Crippen molar-refractivity contribution < 1.29 is 14.3 Å². The third-order valence-electron chi connectivity index (χ3n) is 5.09. The van der Waals surface area contributed by atoms with Gasteiger partial charge in [-0.05, 0) is 37.1 Å². The number of carbonyl (C=O) groups excluding carboxylic acids is 1. The monoisotopic (exact) mass is 441 g/mol. The molecular weight excluding hydrogens is 414 g/mol. The molecule has 0 bridgehead atoms. The molecule has 0 fully saturated rings. The molecule has 0 aliphatic rings. The molecule has 0 aliphatic heterocycles. The van der Waals surface area contributed by atoms with E-state index in [4.69, 9.17) is 9.47 Å². The molecule has 1 amide bonds. The van der Waals surface area contributed by atoms with Crippen LogP contribution >= 0.6 is 11.8 Å². The van der Waals surface area contributed by atoms with E-state index in [1.54, 1.807) is 50.6 Å². The summed E-state index contributed by atoms with van der Waals surface area (Å²) in [7, 11) is 3.10.